The van der Waals surface area contributed by atoms with Crippen molar-refractivity contribution in [3.05, 3.63) is 72.3 Å². The molecule has 0 saturated heterocycles. The van der Waals surface area contributed by atoms with Gasteiger partial charge in [-0.1, -0.05) is 42.5 Å². The Kier molecular flexibility index (Phi) is 7.45. The third kappa shape index (κ3) is 6.05. The van der Waals surface area contributed by atoms with Crippen LogP contribution in [0.3, 0.4) is 0 Å². The van der Waals surface area contributed by atoms with E-state index < -0.39 is 27.9 Å². The van der Waals surface area contributed by atoms with Crippen LogP contribution in [-0.4, -0.2) is 33.4 Å². The van der Waals surface area contributed by atoms with Crippen LogP contribution in [0.1, 0.15) is 18.4 Å². The Labute approximate surface area is 186 Å². The minimum Gasteiger partial charge on any atom is -0.497 e. The molecule has 32 heavy (non-hydrogen) atoms. The van der Waals surface area contributed by atoms with Crippen molar-refractivity contribution in [3.8, 4) is 5.75 Å². The van der Waals surface area contributed by atoms with Crippen LogP contribution in [-0.2, 0) is 26.2 Å². The second kappa shape index (κ2) is 10.3. The van der Waals surface area contributed by atoms with Crippen molar-refractivity contribution in [2.75, 3.05) is 7.11 Å². The number of hydrogen-bond donors (Lipinski definition) is 3. The summed E-state index contributed by atoms with van der Waals surface area (Å²) in [5.41, 5.74) is 6.02. The van der Waals surface area contributed by atoms with E-state index in [2.05, 4.69) is 10.0 Å². The molecule has 0 aliphatic carbocycles. The van der Waals surface area contributed by atoms with E-state index in [1.807, 2.05) is 18.2 Å². The molecule has 0 heterocycles. The first-order valence-corrected chi connectivity index (χ1v) is 11.5. The van der Waals surface area contributed by atoms with Gasteiger partial charge in [-0.05, 0) is 47.0 Å². The molecule has 0 aromatic heterocycles. The van der Waals surface area contributed by atoms with E-state index in [1.165, 1.54) is 12.1 Å². The van der Waals surface area contributed by atoms with Crippen LogP contribution in [0.4, 0.5) is 0 Å². The maximum atomic E-state index is 13.0. The summed E-state index contributed by atoms with van der Waals surface area (Å²) in [6.45, 7) is 0.188. The summed E-state index contributed by atoms with van der Waals surface area (Å²) in [7, 11) is -2.46. The summed E-state index contributed by atoms with van der Waals surface area (Å²) in [5, 5.41) is 4.36. The Morgan fingerprint density at radius 1 is 1.00 bits per heavy atom. The van der Waals surface area contributed by atoms with E-state index >= 15 is 0 Å². The zero-order valence-electron chi connectivity index (χ0n) is 17.6. The SMILES string of the molecule is COc1ccc(CNC(=O)C(CCC(N)=O)NS(=O)(=O)c2ccc3ccccc3c2)cc1. The van der Waals surface area contributed by atoms with Gasteiger partial charge in [-0.3, -0.25) is 9.59 Å². The molecule has 1 atom stereocenters. The van der Waals surface area contributed by atoms with Gasteiger partial charge >= 0.3 is 0 Å². The van der Waals surface area contributed by atoms with Crippen LogP contribution in [0.5, 0.6) is 5.75 Å². The van der Waals surface area contributed by atoms with Crippen LogP contribution < -0.4 is 20.5 Å². The number of fused-ring (bicyclic) bond motifs is 1. The molecule has 0 fully saturated rings. The van der Waals surface area contributed by atoms with Gasteiger partial charge in [0.15, 0.2) is 0 Å². The highest BCUT2D eigenvalue weighted by Crippen LogP contribution is 2.19. The smallest absolute Gasteiger partial charge is 0.241 e. The second-order valence-corrected chi connectivity index (χ2v) is 8.97. The fourth-order valence-corrected chi connectivity index (χ4v) is 4.44. The third-order valence-corrected chi connectivity index (χ3v) is 6.42. The number of methoxy groups -OCH3 is 1. The predicted octanol–water partition coefficient (Wildman–Crippen LogP) is 2.08. The van der Waals surface area contributed by atoms with Crippen LogP contribution in [0, 0.1) is 0 Å². The van der Waals surface area contributed by atoms with E-state index in [9.17, 15) is 18.0 Å². The lowest BCUT2D eigenvalue weighted by Gasteiger charge is -2.18. The molecule has 0 saturated carbocycles. The molecule has 3 rings (SSSR count). The highest BCUT2D eigenvalue weighted by molar-refractivity contribution is 7.89. The van der Waals surface area contributed by atoms with Crippen molar-refractivity contribution >= 4 is 32.6 Å². The molecule has 2 amide bonds. The monoisotopic (exact) mass is 455 g/mol. The van der Waals surface area contributed by atoms with Gasteiger partial charge in [0.25, 0.3) is 0 Å². The fraction of sp³-hybridized carbons (Fsp3) is 0.217. The average molecular weight is 456 g/mol. The molecule has 168 valence electrons. The van der Waals surface area contributed by atoms with Gasteiger partial charge in [-0.25, -0.2) is 8.42 Å². The Bertz CT molecular complexity index is 1210. The average Bonchev–Trinajstić information content (AvgIpc) is 2.80. The highest BCUT2D eigenvalue weighted by Gasteiger charge is 2.26. The maximum Gasteiger partial charge on any atom is 0.241 e. The molecule has 0 aliphatic rings. The van der Waals surface area contributed by atoms with Gasteiger partial charge in [-0.2, -0.15) is 4.72 Å². The standard InChI is InChI=1S/C23H25N3O5S/c1-31-19-9-6-16(7-10-19)15-25-23(28)21(12-13-22(24)27)26-32(29,30)20-11-8-17-4-2-3-5-18(17)14-20/h2-11,14,21,26H,12-13,15H2,1H3,(H2,24,27)(H,25,28). The van der Waals surface area contributed by atoms with Crippen LogP contribution in [0.2, 0.25) is 0 Å². The van der Waals surface area contributed by atoms with Crippen molar-refractivity contribution in [2.24, 2.45) is 5.73 Å². The van der Waals surface area contributed by atoms with Crippen LogP contribution in [0.25, 0.3) is 10.8 Å². The van der Waals surface area contributed by atoms with E-state index in [1.54, 1.807) is 43.5 Å². The number of primary amides is 1. The molecule has 4 N–H and O–H groups in total. The molecular weight excluding hydrogens is 430 g/mol. The normalized spacial score (nSPS) is 12.3. The van der Waals surface area contributed by atoms with Gasteiger partial charge < -0.3 is 15.8 Å². The molecular formula is C23H25N3O5S. The number of benzene rings is 3. The highest BCUT2D eigenvalue weighted by atomic mass is 32.2. The molecule has 0 aliphatic heterocycles. The Morgan fingerprint density at radius 2 is 1.69 bits per heavy atom. The van der Waals surface area contributed by atoms with Gasteiger partial charge in [0, 0.05) is 13.0 Å². The molecule has 9 heteroatoms. The third-order valence-electron chi connectivity index (χ3n) is 4.95. The summed E-state index contributed by atoms with van der Waals surface area (Å²) in [6.07, 6.45) is -0.197. The first kappa shape index (κ1) is 23.2. The van der Waals surface area contributed by atoms with Crippen LogP contribution in [0.15, 0.2) is 71.6 Å². The lowest BCUT2D eigenvalue weighted by atomic mass is 10.1. The summed E-state index contributed by atoms with van der Waals surface area (Å²) in [6, 6.07) is 18.0. The van der Waals surface area contributed by atoms with Crippen molar-refractivity contribution in [1.29, 1.82) is 0 Å². The molecule has 3 aromatic rings. The number of hydrogen-bond acceptors (Lipinski definition) is 5. The largest absolute Gasteiger partial charge is 0.497 e. The Hall–Kier alpha value is -3.43. The van der Waals surface area contributed by atoms with Gasteiger partial charge in [0.1, 0.15) is 11.8 Å². The second-order valence-electron chi connectivity index (χ2n) is 7.25. The molecule has 8 nitrogen and oxygen atoms in total. The van der Waals surface area contributed by atoms with Crippen molar-refractivity contribution in [2.45, 2.75) is 30.3 Å². The number of nitrogens with two attached hydrogens (primary N) is 1. The van der Waals surface area contributed by atoms with Crippen molar-refractivity contribution in [1.82, 2.24) is 10.0 Å². The maximum absolute atomic E-state index is 13.0. The lowest BCUT2D eigenvalue weighted by Crippen LogP contribution is -2.46. The first-order chi connectivity index (χ1) is 15.3. The van der Waals surface area contributed by atoms with Gasteiger partial charge in [0.2, 0.25) is 21.8 Å². The Morgan fingerprint density at radius 3 is 2.34 bits per heavy atom. The van der Waals surface area contributed by atoms with E-state index in [0.717, 1.165) is 16.3 Å². The fourth-order valence-electron chi connectivity index (χ4n) is 3.18. The number of amides is 2. The quantitative estimate of drug-likeness (QED) is 0.431. The molecule has 1 unspecified atom stereocenters. The summed E-state index contributed by atoms with van der Waals surface area (Å²) in [5.74, 6) is -0.489. The molecule has 3 aromatic carbocycles. The van der Waals surface area contributed by atoms with E-state index in [4.69, 9.17) is 10.5 Å². The molecule has 0 spiro atoms. The number of carbonyl (C=O) groups excluding carboxylic acids is 2. The number of nitrogens with one attached hydrogen (secondary N) is 2. The minimum atomic E-state index is -4.02. The zero-order chi connectivity index (χ0) is 23.1. The number of rotatable bonds is 10. The summed E-state index contributed by atoms with van der Waals surface area (Å²) < 4.78 is 33.4. The van der Waals surface area contributed by atoms with Crippen LogP contribution >= 0.6 is 0 Å². The number of carbonyl (C=O) groups is 2. The predicted molar refractivity (Wildman–Crippen MR) is 121 cm³/mol. The van der Waals surface area contributed by atoms with E-state index in [-0.39, 0.29) is 24.3 Å². The van der Waals surface area contributed by atoms with Gasteiger partial charge in [-0.15, -0.1) is 0 Å². The van der Waals surface area contributed by atoms with Crippen molar-refractivity contribution in [3.63, 3.8) is 0 Å². The van der Waals surface area contributed by atoms with Crippen molar-refractivity contribution < 1.29 is 22.7 Å². The number of sulfonamides is 1. The topological polar surface area (TPSA) is 128 Å². The summed E-state index contributed by atoms with van der Waals surface area (Å²) in [4.78, 5) is 24.0. The molecule has 0 radical (unpaired) electrons. The zero-order valence-corrected chi connectivity index (χ0v) is 18.4. The molecule has 0 bridgehead atoms. The Balaban J connectivity index is 1.75. The van der Waals surface area contributed by atoms with E-state index in [0.29, 0.717) is 5.75 Å². The lowest BCUT2D eigenvalue weighted by molar-refractivity contribution is -0.123. The first-order valence-electron chi connectivity index (χ1n) is 9.98. The number of ether oxygens (including phenoxy) is 1. The minimum absolute atomic E-state index is 0.0308. The van der Waals surface area contributed by atoms with Gasteiger partial charge in [0.05, 0.1) is 12.0 Å². The summed E-state index contributed by atoms with van der Waals surface area (Å²) >= 11 is 0.